The highest BCUT2D eigenvalue weighted by atomic mass is 16.5. The number of para-hydroxylation sites is 1. The lowest BCUT2D eigenvalue weighted by Crippen LogP contribution is -2.37. The maximum atomic E-state index is 11.8. The van der Waals surface area contributed by atoms with Crippen molar-refractivity contribution in [3.8, 4) is 5.75 Å². The molecule has 0 saturated heterocycles. The average Bonchev–Trinajstić information content (AvgIpc) is 2.53. The van der Waals surface area contributed by atoms with Crippen LogP contribution in [-0.2, 0) is 0 Å². The van der Waals surface area contributed by atoms with Gasteiger partial charge in [-0.2, -0.15) is 0 Å². The third-order valence-electron chi connectivity index (χ3n) is 3.21. The quantitative estimate of drug-likeness (QED) is 0.829. The Morgan fingerprint density at radius 1 is 1.44 bits per heavy atom. The molecule has 4 nitrogen and oxygen atoms in total. The molecule has 1 aromatic carbocycles. The molecule has 0 fully saturated rings. The minimum Gasteiger partial charge on any atom is -0.493 e. The first-order chi connectivity index (χ1) is 8.59. The first-order valence-corrected chi connectivity index (χ1v) is 6.29. The number of rotatable bonds is 1. The van der Waals surface area contributed by atoms with E-state index in [0.29, 0.717) is 6.61 Å². The van der Waals surface area contributed by atoms with Crippen LogP contribution in [0.1, 0.15) is 30.0 Å². The van der Waals surface area contributed by atoms with Gasteiger partial charge in [-0.15, -0.1) is 0 Å². The summed E-state index contributed by atoms with van der Waals surface area (Å²) in [6.07, 6.45) is 1.86. The van der Waals surface area contributed by atoms with Crippen LogP contribution in [0.3, 0.4) is 0 Å². The lowest BCUT2D eigenvalue weighted by atomic mass is 10.00. The van der Waals surface area contributed by atoms with Crippen molar-refractivity contribution in [1.82, 2.24) is 10.2 Å². The molecule has 2 rings (SSSR count). The molecule has 1 aliphatic rings. The van der Waals surface area contributed by atoms with Crippen molar-refractivity contribution < 1.29 is 9.53 Å². The molecule has 4 heteroatoms. The summed E-state index contributed by atoms with van der Waals surface area (Å²) in [6, 6.07) is 6.06. The number of carbonyl (C=O) groups excluding carboxylic acids is 1. The fourth-order valence-electron chi connectivity index (χ4n) is 2.19. The Hall–Kier alpha value is -1.71. The summed E-state index contributed by atoms with van der Waals surface area (Å²) in [6.45, 7) is 2.75. The fourth-order valence-corrected chi connectivity index (χ4v) is 2.19. The standard InChI is InChI=1S/C14H20N2O2/c1-10-6-4-7-11-12(15-14(17)16(2)3)8-5-9-18-13(10)11/h4,6-7,12H,5,8-9H2,1-3H3,(H,15,17). The Kier molecular flexibility index (Phi) is 3.75. The monoisotopic (exact) mass is 248 g/mol. The number of fused-ring (bicyclic) bond motifs is 1. The largest absolute Gasteiger partial charge is 0.493 e. The molecule has 1 aliphatic heterocycles. The van der Waals surface area contributed by atoms with E-state index in [2.05, 4.69) is 5.32 Å². The van der Waals surface area contributed by atoms with E-state index in [9.17, 15) is 4.79 Å². The lowest BCUT2D eigenvalue weighted by molar-refractivity contribution is 0.212. The minimum absolute atomic E-state index is 0.0392. The average molecular weight is 248 g/mol. The van der Waals surface area contributed by atoms with Crippen LogP contribution in [-0.4, -0.2) is 31.6 Å². The normalized spacial score (nSPS) is 18.3. The van der Waals surface area contributed by atoms with Gasteiger partial charge in [0, 0.05) is 19.7 Å². The van der Waals surface area contributed by atoms with Gasteiger partial charge in [0.15, 0.2) is 0 Å². The molecule has 18 heavy (non-hydrogen) atoms. The van der Waals surface area contributed by atoms with E-state index in [1.807, 2.05) is 25.1 Å². The molecule has 0 radical (unpaired) electrons. The van der Waals surface area contributed by atoms with Gasteiger partial charge in [-0.25, -0.2) is 4.79 Å². The SMILES string of the molecule is Cc1cccc2c1OCCCC2NC(=O)N(C)C. The van der Waals surface area contributed by atoms with Gasteiger partial charge in [0.25, 0.3) is 0 Å². The number of nitrogens with one attached hydrogen (secondary N) is 1. The van der Waals surface area contributed by atoms with Gasteiger partial charge in [0.05, 0.1) is 12.6 Å². The smallest absolute Gasteiger partial charge is 0.317 e. The van der Waals surface area contributed by atoms with Crippen molar-refractivity contribution in [2.45, 2.75) is 25.8 Å². The molecule has 0 spiro atoms. The van der Waals surface area contributed by atoms with Crippen LogP contribution in [0.2, 0.25) is 0 Å². The Labute approximate surface area is 108 Å². The molecule has 0 saturated carbocycles. The van der Waals surface area contributed by atoms with Gasteiger partial charge >= 0.3 is 6.03 Å². The van der Waals surface area contributed by atoms with E-state index < -0.39 is 0 Å². The number of nitrogens with zero attached hydrogens (tertiary/aromatic N) is 1. The van der Waals surface area contributed by atoms with Gasteiger partial charge in [0.1, 0.15) is 5.75 Å². The third-order valence-corrected chi connectivity index (χ3v) is 3.21. The lowest BCUT2D eigenvalue weighted by Gasteiger charge is -2.21. The Morgan fingerprint density at radius 2 is 2.22 bits per heavy atom. The molecule has 1 N–H and O–H groups in total. The fraction of sp³-hybridized carbons (Fsp3) is 0.500. The van der Waals surface area contributed by atoms with Crippen LogP contribution < -0.4 is 10.1 Å². The van der Waals surface area contributed by atoms with Crippen LogP contribution in [0.15, 0.2) is 18.2 Å². The minimum atomic E-state index is -0.0608. The highest BCUT2D eigenvalue weighted by Crippen LogP contribution is 2.33. The maximum Gasteiger partial charge on any atom is 0.317 e. The second-order valence-electron chi connectivity index (χ2n) is 4.88. The Balaban J connectivity index is 2.27. The molecular weight excluding hydrogens is 228 g/mol. The van der Waals surface area contributed by atoms with Gasteiger partial charge in [0.2, 0.25) is 0 Å². The zero-order valence-corrected chi connectivity index (χ0v) is 11.2. The maximum absolute atomic E-state index is 11.8. The molecule has 1 atom stereocenters. The van der Waals surface area contributed by atoms with Crippen molar-refractivity contribution in [1.29, 1.82) is 0 Å². The number of urea groups is 1. The number of benzene rings is 1. The van der Waals surface area contributed by atoms with E-state index in [-0.39, 0.29) is 12.1 Å². The molecule has 0 bridgehead atoms. The van der Waals surface area contributed by atoms with Crippen molar-refractivity contribution >= 4 is 6.03 Å². The van der Waals surface area contributed by atoms with Crippen molar-refractivity contribution in [2.24, 2.45) is 0 Å². The van der Waals surface area contributed by atoms with Crippen LogP contribution in [0.4, 0.5) is 4.79 Å². The summed E-state index contributed by atoms with van der Waals surface area (Å²) in [4.78, 5) is 13.3. The molecule has 1 aromatic rings. The summed E-state index contributed by atoms with van der Waals surface area (Å²) in [5.41, 5.74) is 2.21. The molecule has 0 aromatic heterocycles. The van der Waals surface area contributed by atoms with Crippen LogP contribution in [0.5, 0.6) is 5.75 Å². The molecule has 98 valence electrons. The number of hydrogen-bond acceptors (Lipinski definition) is 2. The Bertz CT molecular complexity index is 443. The predicted molar refractivity (Wildman–Crippen MR) is 70.9 cm³/mol. The van der Waals surface area contributed by atoms with E-state index in [1.165, 1.54) is 0 Å². The van der Waals surface area contributed by atoms with Crippen LogP contribution in [0, 0.1) is 6.92 Å². The van der Waals surface area contributed by atoms with Crippen LogP contribution >= 0.6 is 0 Å². The van der Waals surface area contributed by atoms with E-state index in [0.717, 1.165) is 29.7 Å². The second-order valence-corrected chi connectivity index (χ2v) is 4.88. The molecule has 1 unspecified atom stereocenters. The number of carbonyl (C=O) groups is 1. The summed E-state index contributed by atoms with van der Waals surface area (Å²) >= 11 is 0. The Morgan fingerprint density at radius 3 is 2.94 bits per heavy atom. The van der Waals surface area contributed by atoms with Crippen molar-refractivity contribution in [2.75, 3.05) is 20.7 Å². The summed E-state index contributed by atoms with van der Waals surface area (Å²) < 4.78 is 5.79. The zero-order valence-electron chi connectivity index (χ0n) is 11.2. The van der Waals surface area contributed by atoms with E-state index in [4.69, 9.17) is 4.74 Å². The summed E-state index contributed by atoms with van der Waals surface area (Å²) in [7, 11) is 3.50. The number of amides is 2. The van der Waals surface area contributed by atoms with Gasteiger partial charge in [-0.3, -0.25) is 0 Å². The van der Waals surface area contributed by atoms with Crippen molar-refractivity contribution in [3.63, 3.8) is 0 Å². The molecule has 1 heterocycles. The summed E-state index contributed by atoms with van der Waals surface area (Å²) in [5.74, 6) is 0.930. The first-order valence-electron chi connectivity index (χ1n) is 6.29. The number of aryl methyl sites for hydroxylation is 1. The van der Waals surface area contributed by atoms with Gasteiger partial charge in [-0.1, -0.05) is 18.2 Å². The third kappa shape index (κ3) is 2.58. The highest BCUT2D eigenvalue weighted by Gasteiger charge is 2.22. The van der Waals surface area contributed by atoms with Crippen LogP contribution in [0.25, 0.3) is 0 Å². The molecule has 2 amide bonds. The predicted octanol–water partition coefficient (Wildman–Crippen LogP) is 2.48. The molecule has 0 aliphatic carbocycles. The first kappa shape index (κ1) is 12.7. The molecular formula is C14H20N2O2. The summed E-state index contributed by atoms with van der Waals surface area (Å²) in [5, 5.41) is 3.05. The van der Waals surface area contributed by atoms with E-state index in [1.54, 1.807) is 19.0 Å². The van der Waals surface area contributed by atoms with Gasteiger partial charge < -0.3 is 15.0 Å². The second kappa shape index (κ2) is 5.29. The van der Waals surface area contributed by atoms with Crippen molar-refractivity contribution in [3.05, 3.63) is 29.3 Å². The van der Waals surface area contributed by atoms with E-state index >= 15 is 0 Å². The highest BCUT2D eigenvalue weighted by molar-refractivity contribution is 5.74. The number of hydrogen-bond donors (Lipinski definition) is 1. The number of ether oxygens (including phenoxy) is 1. The zero-order chi connectivity index (χ0) is 13.1. The van der Waals surface area contributed by atoms with Gasteiger partial charge in [-0.05, 0) is 25.3 Å². The topological polar surface area (TPSA) is 41.6 Å².